The lowest BCUT2D eigenvalue weighted by molar-refractivity contribution is -0.137. The number of benzene rings is 1. The molecule has 1 aliphatic carbocycles. The average Bonchev–Trinajstić information content (AvgIpc) is 3.09. The van der Waals surface area contributed by atoms with Crippen LogP contribution in [0.15, 0.2) is 35.9 Å². The first kappa shape index (κ1) is 14.1. The third kappa shape index (κ3) is 3.38. The van der Waals surface area contributed by atoms with E-state index in [0.29, 0.717) is 6.54 Å². The summed E-state index contributed by atoms with van der Waals surface area (Å²) in [7, 11) is 0. The van der Waals surface area contributed by atoms with Gasteiger partial charge in [-0.3, -0.25) is 0 Å². The number of nitrogens with one attached hydrogen (secondary N) is 1. The molecule has 104 valence electrons. The number of alkyl halides is 3. The number of rotatable bonds is 4. The summed E-state index contributed by atoms with van der Waals surface area (Å²) < 4.78 is 38.1. The predicted molar refractivity (Wildman–Crippen MR) is 69.8 cm³/mol. The summed E-state index contributed by atoms with van der Waals surface area (Å²) in [5, 5.41) is 3.35. The van der Waals surface area contributed by atoms with Crippen molar-refractivity contribution in [3.05, 3.63) is 47.0 Å². The van der Waals surface area contributed by atoms with Crippen LogP contribution in [0.3, 0.4) is 0 Å². The van der Waals surface area contributed by atoms with Gasteiger partial charge in [-0.25, -0.2) is 0 Å². The van der Waals surface area contributed by atoms with Gasteiger partial charge in [-0.2, -0.15) is 13.2 Å². The standard InChI is InChI=1S/C15H18F3N/c1-11(2)6-9-19-14(7-8-14)12-4-3-5-13(10-12)15(16,17)18/h3-6,10,19H,7-9H2,1-2H3. The lowest BCUT2D eigenvalue weighted by Gasteiger charge is -2.18. The molecule has 0 heterocycles. The van der Waals surface area contributed by atoms with Crippen LogP contribution < -0.4 is 5.32 Å². The van der Waals surface area contributed by atoms with Crippen LogP contribution in [-0.2, 0) is 11.7 Å². The van der Waals surface area contributed by atoms with E-state index >= 15 is 0 Å². The molecule has 2 rings (SSSR count). The summed E-state index contributed by atoms with van der Waals surface area (Å²) in [5.41, 5.74) is 1.12. The van der Waals surface area contributed by atoms with Gasteiger partial charge in [0, 0.05) is 12.1 Å². The predicted octanol–water partition coefficient (Wildman–Crippen LogP) is 4.25. The van der Waals surface area contributed by atoms with Crippen LogP contribution in [0.2, 0.25) is 0 Å². The highest BCUT2D eigenvalue weighted by atomic mass is 19.4. The van der Waals surface area contributed by atoms with Gasteiger partial charge < -0.3 is 5.32 Å². The van der Waals surface area contributed by atoms with E-state index in [1.54, 1.807) is 6.07 Å². The molecule has 1 aromatic rings. The van der Waals surface area contributed by atoms with Crippen LogP contribution in [0.4, 0.5) is 13.2 Å². The van der Waals surface area contributed by atoms with Gasteiger partial charge in [0.15, 0.2) is 0 Å². The number of allylic oxidation sites excluding steroid dienone is 1. The highest BCUT2D eigenvalue weighted by Gasteiger charge is 2.44. The molecule has 0 unspecified atom stereocenters. The van der Waals surface area contributed by atoms with E-state index in [2.05, 4.69) is 5.32 Å². The van der Waals surface area contributed by atoms with E-state index in [4.69, 9.17) is 0 Å². The molecule has 1 fully saturated rings. The normalized spacial score (nSPS) is 17.1. The first-order valence-corrected chi connectivity index (χ1v) is 6.40. The largest absolute Gasteiger partial charge is 0.416 e. The van der Waals surface area contributed by atoms with Gasteiger partial charge in [-0.1, -0.05) is 23.8 Å². The third-order valence-electron chi connectivity index (χ3n) is 3.44. The van der Waals surface area contributed by atoms with Gasteiger partial charge in [-0.05, 0) is 44.4 Å². The maximum Gasteiger partial charge on any atom is 0.416 e. The Morgan fingerprint density at radius 3 is 2.53 bits per heavy atom. The molecule has 0 atom stereocenters. The molecule has 1 aromatic carbocycles. The quantitative estimate of drug-likeness (QED) is 0.806. The lowest BCUT2D eigenvalue weighted by atomic mass is 10.0. The van der Waals surface area contributed by atoms with Crippen LogP contribution in [-0.4, -0.2) is 6.54 Å². The Morgan fingerprint density at radius 1 is 1.32 bits per heavy atom. The summed E-state index contributed by atoms with van der Waals surface area (Å²) in [4.78, 5) is 0. The van der Waals surface area contributed by atoms with Crippen molar-refractivity contribution in [2.75, 3.05) is 6.54 Å². The van der Waals surface area contributed by atoms with Crippen molar-refractivity contribution in [2.45, 2.75) is 38.4 Å². The van der Waals surface area contributed by atoms with E-state index in [-0.39, 0.29) is 5.54 Å². The van der Waals surface area contributed by atoms with Gasteiger partial charge in [0.25, 0.3) is 0 Å². The Kier molecular flexibility index (Phi) is 3.72. The van der Waals surface area contributed by atoms with E-state index in [1.165, 1.54) is 17.7 Å². The van der Waals surface area contributed by atoms with Crippen molar-refractivity contribution >= 4 is 0 Å². The highest BCUT2D eigenvalue weighted by Crippen LogP contribution is 2.46. The van der Waals surface area contributed by atoms with Crippen molar-refractivity contribution in [3.8, 4) is 0 Å². The highest BCUT2D eigenvalue weighted by molar-refractivity contribution is 5.35. The summed E-state index contributed by atoms with van der Waals surface area (Å²) in [6, 6.07) is 5.65. The monoisotopic (exact) mass is 269 g/mol. The second-order valence-electron chi connectivity index (χ2n) is 5.32. The lowest BCUT2D eigenvalue weighted by Crippen LogP contribution is -2.29. The molecule has 1 saturated carbocycles. The molecule has 1 N–H and O–H groups in total. The van der Waals surface area contributed by atoms with Crippen molar-refractivity contribution in [1.82, 2.24) is 5.32 Å². The maximum absolute atomic E-state index is 12.7. The minimum Gasteiger partial charge on any atom is -0.304 e. The topological polar surface area (TPSA) is 12.0 Å². The Balaban J connectivity index is 2.15. The minimum absolute atomic E-state index is 0.257. The van der Waals surface area contributed by atoms with Gasteiger partial charge in [0.1, 0.15) is 0 Å². The minimum atomic E-state index is -4.27. The van der Waals surface area contributed by atoms with Crippen molar-refractivity contribution in [3.63, 3.8) is 0 Å². The van der Waals surface area contributed by atoms with Crippen LogP contribution >= 0.6 is 0 Å². The Hall–Kier alpha value is -1.29. The molecule has 1 aliphatic rings. The van der Waals surface area contributed by atoms with Crippen molar-refractivity contribution in [1.29, 1.82) is 0 Å². The molecule has 0 aromatic heterocycles. The van der Waals surface area contributed by atoms with Gasteiger partial charge >= 0.3 is 6.18 Å². The van der Waals surface area contributed by atoms with Gasteiger partial charge in [0.2, 0.25) is 0 Å². The molecule has 0 saturated heterocycles. The van der Waals surface area contributed by atoms with E-state index in [0.717, 1.165) is 24.5 Å². The molecule has 19 heavy (non-hydrogen) atoms. The molecule has 0 spiro atoms. The summed E-state index contributed by atoms with van der Waals surface area (Å²) in [5.74, 6) is 0. The Morgan fingerprint density at radius 2 is 2.00 bits per heavy atom. The molecule has 0 radical (unpaired) electrons. The van der Waals surface area contributed by atoms with Crippen LogP contribution in [0.25, 0.3) is 0 Å². The van der Waals surface area contributed by atoms with E-state index < -0.39 is 11.7 Å². The first-order chi connectivity index (χ1) is 8.83. The fourth-order valence-electron chi connectivity index (χ4n) is 2.14. The fourth-order valence-corrected chi connectivity index (χ4v) is 2.14. The van der Waals surface area contributed by atoms with Crippen molar-refractivity contribution < 1.29 is 13.2 Å². The maximum atomic E-state index is 12.7. The molecular formula is C15H18F3N. The van der Waals surface area contributed by atoms with E-state index in [9.17, 15) is 13.2 Å². The number of hydrogen-bond acceptors (Lipinski definition) is 1. The van der Waals surface area contributed by atoms with Crippen LogP contribution in [0.5, 0.6) is 0 Å². The molecule has 0 bridgehead atoms. The third-order valence-corrected chi connectivity index (χ3v) is 3.44. The molecule has 1 nitrogen and oxygen atoms in total. The summed E-state index contributed by atoms with van der Waals surface area (Å²) in [6.07, 6.45) is -0.435. The number of halogens is 3. The molecule has 0 aliphatic heterocycles. The molecular weight excluding hydrogens is 251 g/mol. The summed E-state index contributed by atoms with van der Waals surface area (Å²) in [6.45, 7) is 4.70. The zero-order valence-electron chi connectivity index (χ0n) is 11.1. The second-order valence-corrected chi connectivity index (χ2v) is 5.32. The molecule has 0 amide bonds. The summed E-state index contributed by atoms with van der Waals surface area (Å²) >= 11 is 0. The van der Waals surface area contributed by atoms with Crippen LogP contribution in [0.1, 0.15) is 37.8 Å². The number of hydrogen-bond donors (Lipinski definition) is 1. The van der Waals surface area contributed by atoms with Gasteiger partial charge in [-0.15, -0.1) is 0 Å². The van der Waals surface area contributed by atoms with Gasteiger partial charge in [0.05, 0.1) is 5.56 Å². The fraction of sp³-hybridized carbons (Fsp3) is 0.467. The second kappa shape index (κ2) is 5.00. The molecule has 4 heteroatoms. The SMILES string of the molecule is CC(C)=CCNC1(c2cccc(C(F)(F)F)c2)CC1. The smallest absolute Gasteiger partial charge is 0.304 e. The van der Waals surface area contributed by atoms with Crippen molar-refractivity contribution in [2.24, 2.45) is 0 Å². The first-order valence-electron chi connectivity index (χ1n) is 6.40. The zero-order valence-corrected chi connectivity index (χ0v) is 11.1. The Bertz CT molecular complexity index is 480. The zero-order chi connectivity index (χ0) is 14.1. The average molecular weight is 269 g/mol. The van der Waals surface area contributed by atoms with E-state index in [1.807, 2.05) is 19.9 Å². The van der Waals surface area contributed by atoms with Crippen LogP contribution in [0, 0.1) is 0 Å². The Labute approximate surface area is 111 Å².